The standard InChI is InChI=1S/C12H16N2S/c1-9(13)8-15-12-7-14(2)11-6-4-3-5-10(11)12/h3-7,9H,8,13H2,1-2H3. The molecule has 3 heteroatoms. The molecule has 0 fully saturated rings. The van der Waals surface area contributed by atoms with Crippen LogP contribution < -0.4 is 5.73 Å². The minimum absolute atomic E-state index is 0.244. The van der Waals surface area contributed by atoms with E-state index in [0.29, 0.717) is 0 Å². The van der Waals surface area contributed by atoms with Crippen LogP contribution in [-0.2, 0) is 7.05 Å². The van der Waals surface area contributed by atoms with Gasteiger partial charge in [-0.05, 0) is 13.0 Å². The highest BCUT2D eigenvalue weighted by Gasteiger charge is 2.06. The number of fused-ring (bicyclic) bond motifs is 1. The molecule has 1 aromatic carbocycles. The molecule has 0 saturated heterocycles. The van der Waals surface area contributed by atoms with Gasteiger partial charge in [0.05, 0.1) is 0 Å². The van der Waals surface area contributed by atoms with Gasteiger partial charge in [-0.25, -0.2) is 0 Å². The second-order valence-electron chi connectivity index (χ2n) is 3.91. The monoisotopic (exact) mass is 220 g/mol. The topological polar surface area (TPSA) is 30.9 Å². The summed E-state index contributed by atoms with van der Waals surface area (Å²) in [4.78, 5) is 1.32. The summed E-state index contributed by atoms with van der Waals surface area (Å²) < 4.78 is 2.17. The number of aromatic nitrogens is 1. The summed E-state index contributed by atoms with van der Waals surface area (Å²) in [5, 5.41) is 1.32. The molecule has 15 heavy (non-hydrogen) atoms. The van der Waals surface area contributed by atoms with Gasteiger partial charge in [-0.1, -0.05) is 18.2 Å². The van der Waals surface area contributed by atoms with Crippen LogP contribution in [-0.4, -0.2) is 16.4 Å². The van der Waals surface area contributed by atoms with Gasteiger partial charge in [0.2, 0.25) is 0 Å². The summed E-state index contributed by atoms with van der Waals surface area (Å²) in [6, 6.07) is 8.71. The molecule has 2 rings (SSSR count). The van der Waals surface area contributed by atoms with Crippen molar-refractivity contribution in [2.24, 2.45) is 12.8 Å². The lowest BCUT2D eigenvalue weighted by Crippen LogP contribution is -2.17. The molecular formula is C12H16N2S. The second kappa shape index (κ2) is 4.29. The number of para-hydroxylation sites is 1. The lowest BCUT2D eigenvalue weighted by atomic mass is 10.2. The molecule has 80 valence electrons. The molecule has 2 aromatic rings. The zero-order valence-electron chi connectivity index (χ0n) is 9.10. The van der Waals surface area contributed by atoms with Gasteiger partial charge in [0.25, 0.3) is 0 Å². The zero-order chi connectivity index (χ0) is 10.8. The summed E-state index contributed by atoms with van der Waals surface area (Å²) in [6.07, 6.45) is 2.18. The zero-order valence-corrected chi connectivity index (χ0v) is 9.92. The van der Waals surface area contributed by atoms with Crippen molar-refractivity contribution in [3.8, 4) is 0 Å². The van der Waals surface area contributed by atoms with Crippen molar-refractivity contribution < 1.29 is 0 Å². The highest BCUT2D eigenvalue weighted by molar-refractivity contribution is 7.99. The Balaban J connectivity index is 2.35. The highest BCUT2D eigenvalue weighted by Crippen LogP contribution is 2.29. The van der Waals surface area contributed by atoms with Gasteiger partial charge in [-0.3, -0.25) is 0 Å². The van der Waals surface area contributed by atoms with E-state index in [4.69, 9.17) is 5.73 Å². The van der Waals surface area contributed by atoms with E-state index in [-0.39, 0.29) is 6.04 Å². The number of nitrogens with two attached hydrogens (primary N) is 1. The van der Waals surface area contributed by atoms with E-state index in [1.807, 2.05) is 18.7 Å². The predicted molar refractivity (Wildman–Crippen MR) is 67.3 cm³/mol. The SMILES string of the molecule is CC(N)CSc1cn(C)c2ccccc12. The lowest BCUT2D eigenvalue weighted by Gasteiger charge is -2.02. The second-order valence-corrected chi connectivity index (χ2v) is 4.97. The summed E-state index contributed by atoms with van der Waals surface area (Å²) in [6.45, 7) is 2.04. The summed E-state index contributed by atoms with van der Waals surface area (Å²) in [5.74, 6) is 0.966. The number of nitrogens with zero attached hydrogens (tertiary/aromatic N) is 1. The van der Waals surface area contributed by atoms with Gasteiger partial charge in [0.15, 0.2) is 0 Å². The predicted octanol–water partition coefficient (Wildman–Crippen LogP) is 2.62. The molecule has 1 unspecified atom stereocenters. The van der Waals surface area contributed by atoms with Crippen LogP contribution in [0.2, 0.25) is 0 Å². The Morgan fingerprint density at radius 2 is 2.13 bits per heavy atom. The molecule has 1 heterocycles. The molecule has 0 bridgehead atoms. The minimum Gasteiger partial charge on any atom is -0.349 e. The Bertz CT molecular complexity index is 460. The molecule has 0 amide bonds. The van der Waals surface area contributed by atoms with Crippen molar-refractivity contribution in [2.75, 3.05) is 5.75 Å². The van der Waals surface area contributed by atoms with Crippen LogP contribution in [0.5, 0.6) is 0 Å². The van der Waals surface area contributed by atoms with Crippen molar-refractivity contribution in [2.45, 2.75) is 17.9 Å². The normalized spacial score (nSPS) is 13.3. The third-order valence-electron chi connectivity index (χ3n) is 2.36. The van der Waals surface area contributed by atoms with E-state index in [0.717, 1.165) is 5.75 Å². The van der Waals surface area contributed by atoms with Crippen LogP contribution in [0.3, 0.4) is 0 Å². The molecular weight excluding hydrogens is 204 g/mol. The third-order valence-corrected chi connectivity index (χ3v) is 3.69. The Labute approximate surface area is 94.5 Å². The van der Waals surface area contributed by atoms with Crippen molar-refractivity contribution in [1.29, 1.82) is 0 Å². The van der Waals surface area contributed by atoms with Crippen LogP contribution >= 0.6 is 11.8 Å². The van der Waals surface area contributed by atoms with Gasteiger partial charge in [-0.15, -0.1) is 11.8 Å². The number of benzene rings is 1. The van der Waals surface area contributed by atoms with Gasteiger partial charge >= 0.3 is 0 Å². The first kappa shape index (κ1) is 10.6. The van der Waals surface area contributed by atoms with Crippen molar-refractivity contribution in [3.63, 3.8) is 0 Å². The quantitative estimate of drug-likeness (QED) is 0.806. The van der Waals surface area contributed by atoms with Crippen molar-refractivity contribution in [3.05, 3.63) is 30.5 Å². The van der Waals surface area contributed by atoms with Crippen molar-refractivity contribution >= 4 is 22.7 Å². The molecule has 1 aromatic heterocycles. The maximum Gasteiger partial charge on any atom is 0.0489 e. The minimum atomic E-state index is 0.244. The van der Waals surface area contributed by atoms with E-state index in [1.165, 1.54) is 15.8 Å². The first-order valence-electron chi connectivity index (χ1n) is 5.11. The molecule has 0 radical (unpaired) electrons. The molecule has 2 nitrogen and oxygen atoms in total. The fourth-order valence-corrected chi connectivity index (χ4v) is 2.64. The summed E-state index contributed by atoms with van der Waals surface area (Å²) in [7, 11) is 2.08. The average molecular weight is 220 g/mol. The van der Waals surface area contributed by atoms with E-state index in [2.05, 4.69) is 42.1 Å². The van der Waals surface area contributed by atoms with E-state index < -0.39 is 0 Å². The molecule has 0 saturated carbocycles. The van der Waals surface area contributed by atoms with Crippen LogP contribution in [0.1, 0.15) is 6.92 Å². The first-order chi connectivity index (χ1) is 7.18. The lowest BCUT2D eigenvalue weighted by molar-refractivity contribution is 0.847. The van der Waals surface area contributed by atoms with Crippen molar-refractivity contribution in [1.82, 2.24) is 4.57 Å². The molecule has 0 aliphatic carbocycles. The highest BCUT2D eigenvalue weighted by atomic mass is 32.2. The van der Waals surface area contributed by atoms with Gasteiger partial charge in [0.1, 0.15) is 0 Å². The third kappa shape index (κ3) is 2.19. The van der Waals surface area contributed by atoms with Gasteiger partial charge in [-0.2, -0.15) is 0 Å². The number of hydrogen-bond acceptors (Lipinski definition) is 2. The van der Waals surface area contributed by atoms with E-state index >= 15 is 0 Å². The van der Waals surface area contributed by atoms with E-state index in [9.17, 15) is 0 Å². The van der Waals surface area contributed by atoms with Crippen LogP contribution in [0.15, 0.2) is 35.4 Å². The maximum atomic E-state index is 5.76. The van der Waals surface area contributed by atoms with Gasteiger partial charge in [0, 0.05) is 40.8 Å². The maximum absolute atomic E-state index is 5.76. The molecule has 0 aliphatic rings. The molecule has 0 spiro atoms. The molecule has 0 aliphatic heterocycles. The Morgan fingerprint density at radius 1 is 1.40 bits per heavy atom. The Kier molecular flexibility index (Phi) is 3.03. The number of rotatable bonds is 3. The Morgan fingerprint density at radius 3 is 2.87 bits per heavy atom. The Hall–Kier alpha value is -0.930. The van der Waals surface area contributed by atoms with Gasteiger partial charge < -0.3 is 10.3 Å². The number of hydrogen-bond donors (Lipinski definition) is 1. The molecule has 2 N–H and O–H groups in total. The first-order valence-corrected chi connectivity index (χ1v) is 6.09. The summed E-state index contributed by atoms with van der Waals surface area (Å²) in [5.41, 5.74) is 7.05. The summed E-state index contributed by atoms with van der Waals surface area (Å²) >= 11 is 1.83. The largest absolute Gasteiger partial charge is 0.349 e. The van der Waals surface area contributed by atoms with Crippen LogP contribution in [0.4, 0.5) is 0 Å². The number of aryl methyl sites for hydroxylation is 1. The van der Waals surface area contributed by atoms with Crippen LogP contribution in [0, 0.1) is 0 Å². The molecule has 1 atom stereocenters. The average Bonchev–Trinajstić information content (AvgIpc) is 2.54. The fraction of sp³-hybridized carbons (Fsp3) is 0.333. The van der Waals surface area contributed by atoms with E-state index in [1.54, 1.807) is 0 Å². The van der Waals surface area contributed by atoms with Crippen LogP contribution in [0.25, 0.3) is 10.9 Å². The number of thioether (sulfide) groups is 1. The fourth-order valence-electron chi connectivity index (χ4n) is 1.64. The smallest absolute Gasteiger partial charge is 0.0489 e.